The van der Waals surface area contributed by atoms with Gasteiger partial charge in [-0.2, -0.15) is 0 Å². The summed E-state index contributed by atoms with van der Waals surface area (Å²) < 4.78 is 10.1. The number of ketones is 2. The molecule has 0 fully saturated rings. The van der Waals surface area contributed by atoms with Crippen molar-refractivity contribution in [3.05, 3.63) is 59.7 Å². The van der Waals surface area contributed by atoms with Crippen molar-refractivity contribution in [2.24, 2.45) is 0 Å². The zero-order valence-corrected chi connectivity index (χ0v) is 13.0. The van der Waals surface area contributed by atoms with Crippen molar-refractivity contribution in [1.29, 1.82) is 0 Å². The Morgan fingerprint density at radius 2 is 1.27 bits per heavy atom. The quantitative estimate of drug-likeness (QED) is 0.465. The van der Waals surface area contributed by atoms with E-state index in [0.29, 0.717) is 22.6 Å². The van der Waals surface area contributed by atoms with Crippen LogP contribution in [-0.2, 0) is 0 Å². The SMILES string of the molecule is COc1cccc(C(=O)C(Cl)C(=O)c2cccc(OC)c2)c1. The van der Waals surface area contributed by atoms with Crippen LogP contribution < -0.4 is 9.47 Å². The van der Waals surface area contributed by atoms with Crippen LogP contribution in [0.15, 0.2) is 48.5 Å². The largest absolute Gasteiger partial charge is 0.497 e. The van der Waals surface area contributed by atoms with E-state index in [4.69, 9.17) is 21.1 Å². The third-order valence-electron chi connectivity index (χ3n) is 3.17. The van der Waals surface area contributed by atoms with Gasteiger partial charge in [-0.3, -0.25) is 9.59 Å². The second-order valence-corrected chi connectivity index (χ2v) is 4.99. The zero-order valence-electron chi connectivity index (χ0n) is 12.2. The van der Waals surface area contributed by atoms with Gasteiger partial charge in [0.25, 0.3) is 0 Å². The molecule has 0 saturated heterocycles. The standard InChI is InChI=1S/C17H15ClO4/c1-21-13-7-3-5-11(9-13)16(19)15(18)17(20)12-6-4-8-14(10-12)22-2/h3-10,15H,1-2H3. The van der Waals surface area contributed by atoms with E-state index in [2.05, 4.69) is 0 Å². The van der Waals surface area contributed by atoms with Crippen molar-refractivity contribution in [3.8, 4) is 11.5 Å². The number of hydrogen-bond acceptors (Lipinski definition) is 4. The first kappa shape index (κ1) is 16.0. The highest BCUT2D eigenvalue weighted by Gasteiger charge is 2.26. The number of rotatable bonds is 6. The van der Waals surface area contributed by atoms with E-state index in [9.17, 15) is 9.59 Å². The lowest BCUT2D eigenvalue weighted by atomic mass is 10.0. The average molecular weight is 319 g/mol. The molecular formula is C17H15ClO4. The minimum Gasteiger partial charge on any atom is -0.497 e. The van der Waals surface area contributed by atoms with Crippen LogP contribution >= 0.6 is 11.6 Å². The molecule has 22 heavy (non-hydrogen) atoms. The van der Waals surface area contributed by atoms with Crippen LogP contribution in [0.5, 0.6) is 11.5 Å². The van der Waals surface area contributed by atoms with Gasteiger partial charge in [0.1, 0.15) is 11.5 Å². The van der Waals surface area contributed by atoms with Crippen LogP contribution in [0.25, 0.3) is 0 Å². The number of benzene rings is 2. The maximum atomic E-state index is 12.3. The van der Waals surface area contributed by atoms with Crippen molar-refractivity contribution in [2.45, 2.75) is 5.38 Å². The van der Waals surface area contributed by atoms with Crippen molar-refractivity contribution < 1.29 is 19.1 Å². The van der Waals surface area contributed by atoms with E-state index < -0.39 is 16.9 Å². The van der Waals surface area contributed by atoms with E-state index in [-0.39, 0.29) is 0 Å². The Labute approximate surface area is 133 Å². The van der Waals surface area contributed by atoms with Gasteiger partial charge in [-0.05, 0) is 24.3 Å². The molecule has 0 aliphatic carbocycles. The number of halogens is 1. The predicted octanol–water partition coefficient (Wildman–Crippen LogP) is 3.38. The van der Waals surface area contributed by atoms with Gasteiger partial charge in [0.15, 0.2) is 16.9 Å². The topological polar surface area (TPSA) is 52.6 Å². The molecule has 5 heteroatoms. The predicted molar refractivity (Wildman–Crippen MR) is 84.3 cm³/mol. The second kappa shape index (κ2) is 7.09. The molecule has 0 heterocycles. The minimum absolute atomic E-state index is 0.329. The smallest absolute Gasteiger partial charge is 0.188 e. The number of carbonyl (C=O) groups excluding carboxylic acids is 2. The summed E-state index contributed by atoms with van der Waals surface area (Å²) in [5.74, 6) is 0.133. The van der Waals surface area contributed by atoms with Crippen molar-refractivity contribution >= 4 is 23.2 Å². The van der Waals surface area contributed by atoms with E-state index >= 15 is 0 Å². The Kier molecular flexibility index (Phi) is 5.17. The van der Waals surface area contributed by atoms with E-state index in [1.54, 1.807) is 48.5 Å². The molecule has 0 unspecified atom stereocenters. The summed E-state index contributed by atoms with van der Waals surface area (Å²) in [6.07, 6.45) is 0. The number of ether oxygens (including phenoxy) is 2. The van der Waals surface area contributed by atoms with Crippen LogP contribution in [0.4, 0.5) is 0 Å². The number of hydrogen-bond donors (Lipinski definition) is 0. The third kappa shape index (κ3) is 3.46. The highest BCUT2D eigenvalue weighted by atomic mass is 35.5. The second-order valence-electron chi connectivity index (χ2n) is 4.55. The number of methoxy groups -OCH3 is 2. The highest BCUT2D eigenvalue weighted by Crippen LogP contribution is 2.20. The first-order valence-corrected chi connectivity index (χ1v) is 7.01. The van der Waals surface area contributed by atoms with Gasteiger partial charge in [0.05, 0.1) is 14.2 Å². The lowest BCUT2D eigenvalue weighted by molar-refractivity contribution is 0.0899. The third-order valence-corrected chi connectivity index (χ3v) is 3.57. The summed E-state index contributed by atoms with van der Waals surface area (Å²) in [5, 5.41) is -1.29. The molecule has 0 aliphatic rings. The summed E-state index contributed by atoms with van der Waals surface area (Å²) in [4.78, 5) is 24.7. The summed E-state index contributed by atoms with van der Waals surface area (Å²) in [6, 6.07) is 13.1. The maximum absolute atomic E-state index is 12.3. The molecule has 0 bridgehead atoms. The molecule has 0 N–H and O–H groups in total. The van der Waals surface area contributed by atoms with Gasteiger partial charge in [-0.15, -0.1) is 11.6 Å². The molecule has 0 saturated carbocycles. The Balaban J connectivity index is 2.23. The van der Waals surface area contributed by atoms with Gasteiger partial charge in [0.2, 0.25) is 0 Å². The van der Waals surface area contributed by atoms with E-state index in [0.717, 1.165) is 0 Å². The number of alkyl halides is 1. The minimum atomic E-state index is -1.29. The van der Waals surface area contributed by atoms with Crippen molar-refractivity contribution in [3.63, 3.8) is 0 Å². The summed E-state index contributed by atoms with van der Waals surface area (Å²) in [6.45, 7) is 0. The summed E-state index contributed by atoms with van der Waals surface area (Å²) >= 11 is 6.06. The lowest BCUT2D eigenvalue weighted by Crippen LogP contribution is -2.25. The molecule has 2 aromatic carbocycles. The Morgan fingerprint density at radius 3 is 1.64 bits per heavy atom. The molecule has 0 amide bonds. The van der Waals surface area contributed by atoms with E-state index in [1.807, 2.05) is 0 Å². The first-order valence-electron chi connectivity index (χ1n) is 6.57. The molecule has 2 aromatic rings. The fraction of sp³-hybridized carbons (Fsp3) is 0.176. The molecule has 0 aromatic heterocycles. The Morgan fingerprint density at radius 1 is 0.864 bits per heavy atom. The molecule has 2 rings (SSSR count). The van der Waals surface area contributed by atoms with Crippen LogP contribution in [0, 0.1) is 0 Å². The van der Waals surface area contributed by atoms with Crippen LogP contribution in [0.2, 0.25) is 0 Å². The molecule has 0 radical (unpaired) electrons. The monoisotopic (exact) mass is 318 g/mol. The molecule has 0 aliphatic heterocycles. The van der Waals surface area contributed by atoms with Gasteiger partial charge >= 0.3 is 0 Å². The molecule has 114 valence electrons. The zero-order chi connectivity index (χ0) is 16.1. The Bertz CT molecular complexity index is 637. The average Bonchev–Trinajstić information content (AvgIpc) is 2.59. The van der Waals surface area contributed by atoms with Gasteiger partial charge < -0.3 is 9.47 Å². The highest BCUT2D eigenvalue weighted by molar-refractivity contribution is 6.46. The van der Waals surface area contributed by atoms with Gasteiger partial charge in [0, 0.05) is 11.1 Å². The molecule has 0 atom stereocenters. The fourth-order valence-electron chi connectivity index (χ4n) is 1.96. The first-order chi connectivity index (χ1) is 10.6. The lowest BCUT2D eigenvalue weighted by Gasteiger charge is -2.10. The fourth-order valence-corrected chi connectivity index (χ4v) is 2.22. The molecule has 0 spiro atoms. The van der Waals surface area contributed by atoms with Crippen LogP contribution in [0.1, 0.15) is 20.7 Å². The van der Waals surface area contributed by atoms with Crippen LogP contribution in [0.3, 0.4) is 0 Å². The molecular weight excluding hydrogens is 304 g/mol. The van der Waals surface area contributed by atoms with Crippen LogP contribution in [-0.4, -0.2) is 31.2 Å². The normalized spacial score (nSPS) is 10.4. The maximum Gasteiger partial charge on any atom is 0.188 e. The summed E-state index contributed by atoms with van der Waals surface area (Å²) in [7, 11) is 3.01. The number of carbonyl (C=O) groups is 2. The van der Waals surface area contributed by atoms with Gasteiger partial charge in [-0.1, -0.05) is 24.3 Å². The van der Waals surface area contributed by atoms with E-state index in [1.165, 1.54) is 14.2 Å². The van der Waals surface area contributed by atoms with Crippen molar-refractivity contribution in [1.82, 2.24) is 0 Å². The summed E-state index contributed by atoms with van der Waals surface area (Å²) in [5.41, 5.74) is 0.659. The number of Topliss-reactive ketones (excluding diaryl/α,β-unsaturated/α-hetero) is 2. The van der Waals surface area contributed by atoms with Crippen molar-refractivity contribution in [2.75, 3.05) is 14.2 Å². The van der Waals surface area contributed by atoms with Gasteiger partial charge in [-0.25, -0.2) is 0 Å². The molecule has 4 nitrogen and oxygen atoms in total. The Hall–Kier alpha value is -2.33.